The van der Waals surface area contributed by atoms with E-state index < -0.39 is 0 Å². The minimum absolute atomic E-state index is 0.218. The lowest BCUT2D eigenvalue weighted by Gasteiger charge is -2.18. The molecule has 0 heterocycles. The number of benzene rings is 1. The molecule has 3 heteroatoms. The molecule has 0 aliphatic heterocycles. The Morgan fingerprint density at radius 2 is 1.83 bits per heavy atom. The second kappa shape index (κ2) is 4.88. The van der Waals surface area contributed by atoms with E-state index in [1.807, 2.05) is 0 Å². The molecule has 1 aliphatic carbocycles. The zero-order chi connectivity index (χ0) is 13.3. The van der Waals surface area contributed by atoms with Crippen LogP contribution in [-0.4, -0.2) is 11.6 Å². The van der Waals surface area contributed by atoms with Crippen molar-refractivity contribution in [1.29, 1.82) is 0 Å². The van der Waals surface area contributed by atoms with E-state index in [1.54, 1.807) is 0 Å². The summed E-state index contributed by atoms with van der Waals surface area (Å²) in [6.07, 6.45) is 3.16. The zero-order valence-electron chi connectivity index (χ0n) is 11.4. The molecule has 0 bridgehead atoms. The van der Waals surface area contributed by atoms with E-state index in [1.165, 1.54) is 29.5 Å². The third kappa shape index (κ3) is 3.02. The number of ether oxygens (including phenoxy) is 1. The van der Waals surface area contributed by atoms with Crippen LogP contribution in [0.3, 0.4) is 0 Å². The van der Waals surface area contributed by atoms with Gasteiger partial charge in [0.15, 0.2) is 0 Å². The van der Waals surface area contributed by atoms with E-state index in [9.17, 15) is 0 Å². The lowest BCUT2D eigenvalue weighted by atomic mass is 10.0. The third-order valence-corrected chi connectivity index (χ3v) is 3.78. The van der Waals surface area contributed by atoms with Gasteiger partial charge in [-0.2, -0.15) is 0 Å². The van der Waals surface area contributed by atoms with Crippen molar-refractivity contribution in [2.24, 2.45) is 11.1 Å². The summed E-state index contributed by atoms with van der Waals surface area (Å²) in [5.41, 5.74) is 9.55. The van der Waals surface area contributed by atoms with Crippen molar-refractivity contribution < 1.29 is 4.74 Å². The van der Waals surface area contributed by atoms with Crippen molar-refractivity contribution in [1.82, 2.24) is 0 Å². The van der Waals surface area contributed by atoms with Crippen LogP contribution in [0.15, 0.2) is 12.1 Å². The first-order valence-corrected chi connectivity index (χ1v) is 6.82. The van der Waals surface area contributed by atoms with Gasteiger partial charge in [-0.05, 0) is 44.7 Å². The fourth-order valence-electron chi connectivity index (χ4n) is 2.54. The van der Waals surface area contributed by atoms with Crippen molar-refractivity contribution in [2.45, 2.75) is 40.0 Å². The average molecular weight is 263 g/mol. The van der Waals surface area contributed by atoms with Crippen LogP contribution >= 0.6 is 12.2 Å². The quantitative estimate of drug-likeness (QED) is 0.826. The Hall–Kier alpha value is -1.09. The summed E-state index contributed by atoms with van der Waals surface area (Å²) in [6, 6.07) is 4.32. The maximum absolute atomic E-state index is 6.04. The summed E-state index contributed by atoms with van der Waals surface area (Å²) in [5.74, 6) is 1.02. The van der Waals surface area contributed by atoms with Crippen LogP contribution in [0.2, 0.25) is 0 Å². The van der Waals surface area contributed by atoms with Gasteiger partial charge in [-0.1, -0.05) is 29.9 Å². The Bertz CT molecular complexity index is 454. The molecule has 98 valence electrons. The van der Waals surface area contributed by atoms with Gasteiger partial charge < -0.3 is 10.5 Å². The normalized spacial score (nSPS) is 16.4. The summed E-state index contributed by atoms with van der Waals surface area (Å²) in [4.78, 5) is 0.605. The Morgan fingerprint density at radius 1 is 1.28 bits per heavy atom. The highest BCUT2D eigenvalue weighted by atomic mass is 32.1. The first-order chi connectivity index (χ1) is 8.42. The van der Waals surface area contributed by atoms with E-state index in [2.05, 4.69) is 32.9 Å². The number of aryl methyl sites for hydroxylation is 3. The van der Waals surface area contributed by atoms with Crippen LogP contribution in [0.25, 0.3) is 0 Å². The molecular formula is C15H21NOS. The van der Waals surface area contributed by atoms with Gasteiger partial charge in [0.05, 0.1) is 11.6 Å². The van der Waals surface area contributed by atoms with Crippen LogP contribution in [0.4, 0.5) is 0 Å². The second-order valence-corrected chi connectivity index (χ2v) is 6.18. The predicted molar refractivity (Wildman–Crippen MR) is 79.2 cm³/mol. The molecule has 1 fully saturated rings. The lowest BCUT2D eigenvalue weighted by molar-refractivity contribution is 0.236. The zero-order valence-corrected chi connectivity index (χ0v) is 12.2. The predicted octanol–water partition coefficient (Wildman–Crippen LogP) is 3.45. The fraction of sp³-hybridized carbons (Fsp3) is 0.533. The highest BCUT2D eigenvalue weighted by Crippen LogP contribution is 2.49. The molecule has 1 aliphatic rings. The molecule has 1 saturated carbocycles. The Kier molecular flexibility index (Phi) is 3.62. The van der Waals surface area contributed by atoms with Crippen LogP contribution < -0.4 is 10.5 Å². The van der Waals surface area contributed by atoms with E-state index in [-0.39, 0.29) is 5.41 Å². The molecule has 2 N–H and O–H groups in total. The van der Waals surface area contributed by atoms with Gasteiger partial charge in [0.25, 0.3) is 0 Å². The molecule has 0 saturated heterocycles. The van der Waals surface area contributed by atoms with E-state index >= 15 is 0 Å². The molecule has 0 unspecified atom stereocenters. The first kappa shape index (κ1) is 13.3. The van der Waals surface area contributed by atoms with Crippen molar-refractivity contribution in [3.8, 4) is 5.75 Å². The van der Waals surface area contributed by atoms with Gasteiger partial charge >= 0.3 is 0 Å². The molecule has 0 radical (unpaired) electrons. The Labute approximate surface area is 115 Å². The van der Waals surface area contributed by atoms with Gasteiger partial charge in [-0.3, -0.25) is 0 Å². The summed E-state index contributed by atoms with van der Waals surface area (Å²) < 4.78 is 6.04. The molecule has 18 heavy (non-hydrogen) atoms. The summed E-state index contributed by atoms with van der Waals surface area (Å²) >= 11 is 5.01. The molecular weight excluding hydrogens is 242 g/mol. The summed E-state index contributed by atoms with van der Waals surface area (Å²) in [7, 11) is 0. The van der Waals surface area contributed by atoms with Crippen molar-refractivity contribution in [3.63, 3.8) is 0 Å². The standard InChI is InChI=1S/C15H21NOS/c1-10-6-11(2)14(12(3)7-10)17-9-15(4-5-15)8-13(16)18/h6-7H,4-5,8-9H2,1-3H3,(H2,16,18). The van der Waals surface area contributed by atoms with E-state index in [0.29, 0.717) is 4.99 Å². The summed E-state index contributed by atoms with van der Waals surface area (Å²) in [5, 5.41) is 0. The number of rotatable bonds is 5. The van der Waals surface area contributed by atoms with E-state index in [0.717, 1.165) is 18.8 Å². The van der Waals surface area contributed by atoms with Crippen molar-refractivity contribution in [3.05, 3.63) is 28.8 Å². The molecule has 2 nitrogen and oxygen atoms in total. The highest BCUT2D eigenvalue weighted by molar-refractivity contribution is 7.80. The minimum atomic E-state index is 0.218. The van der Waals surface area contributed by atoms with Crippen LogP contribution in [-0.2, 0) is 0 Å². The maximum atomic E-state index is 6.04. The van der Waals surface area contributed by atoms with Gasteiger partial charge in [0, 0.05) is 11.8 Å². The molecule has 0 atom stereocenters. The van der Waals surface area contributed by atoms with Crippen molar-refractivity contribution in [2.75, 3.05) is 6.61 Å². The second-order valence-electron chi connectivity index (χ2n) is 5.66. The van der Waals surface area contributed by atoms with Gasteiger partial charge in [0.2, 0.25) is 0 Å². The minimum Gasteiger partial charge on any atom is -0.492 e. The Morgan fingerprint density at radius 3 is 2.28 bits per heavy atom. The molecule has 1 aromatic rings. The van der Waals surface area contributed by atoms with Gasteiger partial charge in [-0.15, -0.1) is 0 Å². The molecule has 0 amide bonds. The third-order valence-electron chi connectivity index (χ3n) is 3.63. The van der Waals surface area contributed by atoms with Crippen LogP contribution in [0, 0.1) is 26.2 Å². The lowest BCUT2D eigenvalue weighted by Crippen LogP contribution is -2.21. The number of thiocarbonyl (C=S) groups is 1. The summed E-state index contributed by atoms with van der Waals surface area (Å²) in [6.45, 7) is 7.04. The highest BCUT2D eigenvalue weighted by Gasteiger charge is 2.44. The molecule has 1 aromatic carbocycles. The van der Waals surface area contributed by atoms with E-state index in [4.69, 9.17) is 22.7 Å². The molecule has 0 spiro atoms. The maximum Gasteiger partial charge on any atom is 0.125 e. The van der Waals surface area contributed by atoms with Gasteiger partial charge in [0.1, 0.15) is 5.75 Å². The number of hydrogen-bond acceptors (Lipinski definition) is 2. The topological polar surface area (TPSA) is 35.2 Å². The molecule has 2 rings (SSSR count). The van der Waals surface area contributed by atoms with Crippen LogP contribution in [0.5, 0.6) is 5.75 Å². The molecule has 0 aromatic heterocycles. The van der Waals surface area contributed by atoms with Crippen molar-refractivity contribution >= 4 is 17.2 Å². The average Bonchev–Trinajstić information content (AvgIpc) is 2.95. The Balaban J connectivity index is 2.05. The SMILES string of the molecule is Cc1cc(C)c(OCC2(CC(N)=S)CC2)c(C)c1. The smallest absolute Gasteiger partial charge is 0.125 e. The number of nitrogens with two attached hydrogens (primary N) is 1. The van der Waals surface area contributed by atoms with Crippen LogP contribution in [0.1, 0.15) is 36.0 Å². The number of hydrogen-bond donors (Lipinski definition) is 1. The monoisotopic (exact) mass is 263 g/mol. The fourth-order valence-corrected chi connectivity index (χ4v) is 2.84. The largest absolute Gasteiger partial charge is 0.492 e. The van der Waals surface area contributed by atoms with Gasteiger partial charge in [-0.25, -0.2) is 0 Å². The first-order valence-electron chi connectivity index (χ1n) is 6.41.